The minimum Gasteiger partial charge on any atom is -0.481 e. The van der Waals surface area contributed by atoms with Gasteiger partial charge >= 0.3 is 5.97 Å². The molecule has 3 rings (SSSR count). The first kappa shape index (κ1) is 14.5. The fourth-order valence-electron chi connectivity index (χ4n) is 3.73. The van der Waals surface area contributed by atoms with Gasteiger partial charge in [0.05, 0.1) is 18.2 Å². The number of aryl methyl sites for hydroxylation is 1. The number of thiazole rings is 1. The molecule has 0 spiro atoms. The van der Waals surface area contributed by atoms with Crippen molar-refractivity contribution in [2.45, 2.75) is 32.2 Å². The molecule has 2 bridgehead atoms. The van der Waals surface area contributed by atoms with E-state index in [4.69, 9.17) is 0 Å². The van der Waals surface area contributed by atoms with Gasteiger partial charge in [0.25, 0.3) is 0 Å². The van der Waals surface area contributed by atoms with Crippen molar-refractivity contribution in [3.63, 3.8) is 0 Å². The van der Waals surface area contributed by atoms with Crippen LogP contribution in [0.15, 0.2) is 5.38 Å². The molecule has 2 fully saturated rings. The molecule has 1 heterocycles. The first-order valence-corrected chi connectivity index (χ1v) is 8.10. The van der Waals surface area contributed by atoms with Crippen LogP contribution < -0.4 is 10.6 Å². The second kappa shape index (κ2) is 5.73. The highest BCUT2D eigenvalue weighted by Gasteiger charge is 2.50. The number of nitrogens with zero attached hydrogens (tertiary/aromatic N) is 1. The van der Waals surface area contributed by atoms with Gasteiger partial charge < -0.3 is 15.7 Å². The molecule has 4 unspecified atom stereocenters. The van der Waals surface area contributed by atoms with Crippen LogP contribution in [0.5, 0.6) is 0 Å². The third-order valence-corrected chi connectivity index (χ3v) is 5.44. The summed E-state index contributed by atoms with van der Waals surface area (Å²) >= 11 is 1.39. The molecule has 0 saturated heterocycles. The van der Waals surface area contributed by atoms with E-state index < -0.39 is 5.97 Å². The zero-order valence-corrected chi connectivity index (χ0v) is 12.7. The van der Waals surface area contributed by atoms with Gasteiger partial charge in [0.2, 0.25) is 5.91 Å². The first-order valence-electron chi connectivity index (χ1n) is 7.23. The van der Waals surface area contributed by atoms with Crippen molar-refractivity contribution >= 4 is 28.3 Å². The molecule has 1 aromatic heterocycles. The number of carboxylic acid groups (broad SMARTS) is 1. The number of aromatic nitrogens is 1. The van der Waals surface area contributed by atoms with Crippen LogP contribution in [-0.2, 0) is 9.59 Å². The van der Waals surface area contributed by atoms with Crippen LogP contribution in [0.4, 0.5) is 5.13 Å². The number of carbonyl (C=O) groups is 2. The Bertz CT molecular complexity index is 559. The van der Waals surface area contributed by atoms with Crippen LogP contribution in [0.25, 0.3) is 0 Å². The molecular weight excluding hydrogens is 290 g/mol. The lowest BCUT2D eigenvalue weighted by atomic mass is 9.84. The zero-order chi connectivity index (χ0) is 15.0. The predicted octanol–water partition coefficient (Wildman–Crippen LogP) is 1.48. The van der Waals surface area contributed by atoms with Crippen LogP contribution in [0.1, 0.15) is 25.0 Å². The van der Waals surface area contributed by atoms with Gasteiger partial charge in [0.1, 0.15) is 0 Å². The molecule has 0 aliphatic heterocycles. The van der Waals surface area contributed by atoms with Gasteiger partial charge in [-0.15, -0.1) is 11.3 Å². The lowest BCUT2D eigenvalue weighted by Gasteiger charge is -2.28. The van der Waals surface area contributed by atoms with Crippen molar-refractivity contribution in [3.05, 3.63) is 11.1 Å². The smallest absolute Gasteiger partial charge is 0.308 e. The summed E-state index contributed by atoms with van der Waals surface area (Å²) in [6.45, 7) is 2.01. The van der Waals surface area contributed by atoms with Crippen molar-refractivity contribution in [2.24, 2.45) is 17.8 Å². The molecule has 0 aromatic carbocycles. The predicted molar refractivity (Wildman–Crippen MR) is 79.2 cm³/mol. The number of rotatable bonds is 5. The molecule has 21 heavy (non-hydrogen) atoms. The second-order valence-corrected chi connectivity index (χ2v) is 6.80. The molecule has 7 heteroatoms. The molecule has 6 nitrogen and oxygen atoms in total. The highest BCUT2D eigenvalue weighted by atomic mass is 32.1. The molecule has 2 aliphatic rings. The zero-order valence-electron chi connectivity index (χ0n) is 11.8. The van der Waals surface area contributed by atoms with Crippen molar-refractivity contribution < 1.29 is 14.7 Å². The maximum absolute atomic E-state index is 11.9. The highest BCUT2D eigenvalue weighted by Crippen LogP contribution is 2.48. The Hall–Kier alpha value is -1.47. The average molecular weight is 309 g/mol. The number of amides is 1. The summed E-state index contributed by atoms with van der Waals surface area (Å²) in [5, 5.41) is 17.7. The molecule has 114 valence electrons. The lowest BCUT2D eigenvalue weighted by Crippen LogP contribution is -2.46. The summed E-state index contributed by atoms with van der Waals surface area (Å²) in [5.41, 5.74) is 0.877. The van der Waals surface area contributed by atoms with E-state index in [0.717, 1.165) is 25.0 Å². The van der Waals surface area contributed by atoms with Gasteiger partial charge in [0.15, 0.2) is 5.13 Å². The number of hydrogen-bond acceptors (Lipinski definition) is 5. The molecule has 3 N–H and O–H groups in total. The van der Waals surface area contributed by atoms with Crippen molar-refractivity contribution in [3.8, 4) is 0 Å². The normalized spacial score (nSPS) is 30.5. The van der Waals surface area contributed by atoms with Crippen LogP contribution in [0.2, 0.25) is 0 Å². The van der Waals surface area contributed by atoms with Gasteiger partial charge in [-0.05, 0) is 38.0 Å². The van der Waals surface area contributed by atoms with Crippen LogP contribution >= 0.6 is 11.3 Å². The molecule has 2 aliphatic carbocycles. The molecule has 4 atom stereocenters. The minimum absolute atomic E-state index is 0.0787. The standard InChI is InChI=1S/C14H19N3O3S/c1-7-6-21-14(16-7)17-10(18)5-15-12-9-3-2-8(4-9)11(12)13(19)20/h6,8-9,11-12,15H,2-5H2,1H3,(H,19,20)(H,16,17,18). The SMILES string of the molecule is Cc1csc(NC(=O)CNC2C3CCC(C3)C2C(=O)O)n1. The number of carbonyl (C=O) groups excluding carboxylic acids is 1. The quantitative estimate of drug-likeness (QED) is 0.766. The fourth-order valence-corrected chi connectivity index (χ4v) is 4.43. The number of nitrogens with one attached hydrogen (secondary N) is 2. The Kier molecular flexibility index (Phi) is 3.95. The molecule has 1 aromatic rings. The van der Waals surface area contributed by atoms with Crippen molar-refractivity contribution in [2.75, 3.05) is 11.9 Å². The third-order valence-electron chi connectivity index (χ3n) is 4.57. The fraction of sp³-hybridized carbons (Fsp3) is 0.643. The van der Waals surface area contributed by atoms with E-state index in [0.29, 0.717) is 11.0 Å². The molecule has 0 radical (unpaired) electrons. The van der Waals surface area contributed by atoms with E-state index in [2.05, 4.69) is 15.6 Å². The highest BCUT2D eigenvalue weighted by molar-refractivity contribution is 7.13. The Morgan fingerprint density at radius 3 is 2.86 bits per heavy atom. The molecule has 1 amide bonds. The number of anilines is 1. The van der Waals surface area contributed by atoms with Gasteiger partial charge in [-0.2, -0.15) is 0 Å². The van der Waals surface area contributed by atoms with E-state index in [1.54, 1.807) is 0 Å². The Balaban J connectivity index is 1.54. The van der Waals surface area contributed by atoms with Gasteiger partial charge in [-0.25, -0.2) is 4.98 Å². The van der Waals surface area contributed by atoms with E-state index in [1.165, 1.54) is 11.3 Å². The van der Waals surface area contributed by atoms with E-state index in [9.17, 15) is 14.7 Å². The Morgan fingerprint density at radius 1 is 1.43 bits per heavy atom. The van der Waals surface area contributed by atoms with E-state index >= 15 is 0 Å². The maximum atomic E-state index is 11.9. The van der Waals surface area contributed by atoms with Gasteiger partial charge in [0, 0.05) is 11.4 Å². The summed E-state index contributed by atoms with van der Waals surface area (Å²) in [4.78, 5) is 27.5. The summed E-state index contributed by atoms with van der Waals surface area (Å²) in [6.07, 6.45) is 3.05. The number of carboxylic acids is 1. The van der Waals surface area contributed by atoms with Crippen LogP contribution in [0, 0.1) is 24.7 Å². The van der Waals surface area contributed by atoms with Crippen molar-refractivity contribution in [1.82, 2.24) is 10.3 Å². The summed E-state index contributed by atoms with van der Waals surface area (Å²) in [6, 6.07) is -0.0787. The summed E-state index contributed by atoms with van der Waals surface area (Å²) in [5.74, 6) is -0.591. The van der Waals surface area contributed by atoms with Crippen molar-refractivity contribution in [1.29, 1.82) is 0 Å². The Labute approximate surface area is 127 Å². The summed E-state index contributed by atoms with van der Waals surface area (Å²) in [7, 11) is 0. The van der Waals surface area contributed by atoms with E-state index in [-0.39, 0.29) is 30.3 Å². The molecular formula is C14H19N3O3S. The largest absolute Gasteiger partial charge is 0.481 e. The van der Waals surface area contributed by atoms with E-state index in [1.807, 2.05) is 12.3 Å². The topological polar surface area (TPSA) is 91.3 Å². The van der Waals surface area contributed by atoms with Gasteiger partial charge in [-0.3, -0.25) is 9.59 Å². The van der Waals surface area contributed by atoms with Crippen LogP contribution in [0.3, 0.4) is 0 Å². The number of fused-ring (bicyclic) bond motifs is 2. The van der Waals surface area contributed by atoms with Gasteiger partial charge in [-0.1, -0.05) is 0 Å². The number of hydrogen-bond donors (Lipinski definition) is 3. The lowest BCUT2D eigenvalue weighted by molar-refractivity contribution is -0.144. The average Bonchev–Trinajstić information content (AvgIpc) is 3.11. The minimum atomic E-state index is -0.740. The molecule has 2 saturated carbocycles. The number of aliphatic carboxylic acids is 1. The monoisotopic (exact) mass is 309 g/mol. The summed E-state index contributed by atoms with van der Waals surface area (Å²) < 4.78 is 0. The third kappa shape index (κ3) is 2.94. The second-order valence-electron chi connectivity index (χ2n) is 5.95. The van der Waals surface area contributed by atoms with Crippen LogP contribution in [-0.4, -0.2) is 34.6 Å². The maximum Gasteiger partial charge on any atom is 0.308 e. The Morgan fingerprint density at radius 2 is 2.19 bits per heavy atom. The first-order chi connectivity index (χ1) is 10.0.